The molecule has 6 heteroatoms. The summed E-state index contributed by atoms with van der Waals surface area (Å²) in [5.74, 6) is 0. The van der Waals surface area contributed by atoms with E-state index in [1.54, 1.807) is 0 Å². The van der Waals surface area contributed by atoms with Gasteiger partial charge in [0.2, 0.25) is 0 Å². The zero-order chi connectivity index (χ0) is 19.6. The number of benzene rings is 2. The van der Waals surface area contributed by atoms with Crippen molar-refractivity contribution in [3.8, 4) is 0 Å². The van der Waals surface area contributed by atoms with E-state index in [9.17, 15) is 0 Å². The minimum absolute atomic E-state index is 0.998. The summed E-state index contributed by atoms with van der Waals surface area (Å²) >= 11 is 7.16. The molecule has 2 N–H and O–H groups in total. The van der Waals surface area contributed by atoms with Crippen molar-refractivity contribution in [1.82, 2.24) is 20.4 Å². The summed E-state index contributed by atoms with van der Waals surface area (Å²) in [6, 6.07) is 17.3. The molecule has 0 saturated carbocycles. The second-order valence-electron chi connectivity index (χ2n) is 7.31. The first-order valence-corrected chi connectivity index (χ1v) is 11.6. The minimum Gasteiger partial charge on any atom is -0.314 e. The summed E-state index contributed by atoms with van der Waals surface area (Å²) in [5.41, 5.74) is 2.73. The Morgan fingerprint density at radius 3 is 1.39 bits per heavy atom. The lowest BCUT2D eigenvalue weighted by Gasteiger charge is -2.27. The van der Waals surface area contributed by atoms with Gasteiger partial charge in [-0.25, -0.2) is 0 Å². The van der Waals surface area contributed by atoms with E-state index in [1.165, 1.54) is 11.1 Å². The molecule has 0 radical (unpaired) electrons. The van der Waals surface area contributed by atoms with E-state index in [1.807, 2.05) is 0 Å². The highest BCUT2D eigenvalue weighted by atomic mass is 79.9. The molecule has 2 aromatic rings. The largest absolute Gasteiger partial charge is 0.314 e. The van der Waals surface area contributed by atoms with Gasteiger partial charge in [-0.05, 0) is 35.4 Å². The summed E-state index contributed by atoms with van der Waals surface area (Å²) in [6.45, 7) is 10.4. The first-order chi connectivity index (χ1) is 13.7. The number of hydrogen-bond acceptors (Lipinski definition) is 4. The summed E-state index contributed by atoms with van der Waals surface area (Å²) in [5, 5.41) is 7.27. The topological polar surface area (TPSA) is 30.5 Å². The molecule has 4 nitrogen and oxygen atoms in total. The molecule has 28 heavy (non-hydrogen) atoms. The van der Waals surface area contributed by atoms with Gasteiger partial charge in [-0.3, -0.25) is 9.80 Å². The molecule has 0 aromatic heterocycles. The van der Waals surface area contributed by atoms with Gasteiger partial charge in [0.05, 0.1) is 0 Å². The number of rotatable bonds is 4. The number of nitrogens with one attached hydrogen (secondary N) is 2. The van der Waals surface area contributed by atoms with E-state index < -0.39 is 0 Å². The van der Waals surface area contributed by atoms with E-state index in [0.29, 0.717) is 0 Å². The third-order valence-electron chi connectivity index (χ3n) is 5.01. The molecule has 0 unspecified atom stereocenters. The minimum atomic E-state index is 0.998. The fraction of sp³-hybridized carbons (Fsp3) is 0.455. The van der Waals surface area contributed by atoms with Crippen LogP contribution in [0.1, 0.15) is 11.1 Å². The van der Waals surface area contributed by atoms with Gasteiger partial charge in [0.15, 0.2) is 0 Å². The molecule has 2 aromatic carbocycles. The lowest BCUT2D eigenvalue weighted by atomic mass is 10.2. The van der Waals surface area contributed by atoms with E-state index >= 15 is 0 Å². The maximum atomic E-state index is 3.64. The molecule has 3 rings (SSSR count). The average molecular weight is 510 g/mol. The molecule has 0 spiro atoms. The van der Waals surface area contributed by atoms with Crippen molar-refractivity contribution >= 4 is 31.9 Å². The van der Waals surface area contributed by atoms with Gasteiger partial charge < -0.3 is 10.6 Å². The van der Waals surface area contributed by atoms with Crippen LogP contribution in [0.25, 0.3) is 0 Å². The lowest BCUT2D eigenvalue weighted by molar-refractivity contribution is 0.233. The Bertz CT molecular complexity index is 652. The van der Waals surface area contributed by atoms with Gasteiger partial charge in [0.25, 0.3) is 0 Å². The van der Waals surface area contributed by atoms with E-state index in [2.05, 4.69) is 101 Å². The van der Waals surface area contributed by atoms with E-state index in [-0.39, 0.29) is 0 Å². The monoisotopic (exact) mass is 508 g/mol. The van der Waals surface area contributed by atoms with Crippen molar-refractivity contribution in [2.24, 2.45) is 0 Å². The van der Waals surface area contributed by atoms with Crippen molar-refractivity contribution in [3.63, 3.8) is 0 Å². The van der Waals surface area contributed by atoms with Crippen LogP contribution in [0.15, 0.2) is 57.5 Å². The fourth-order valence-corrected chi connectivity index (χ4v) is 4.42. The molecule has 0 amide bonds. The van der Waals surface area contributed by atoms with Crippen molar-refractivity contribution in [1.29, 1.82) is 0 Å². The zero-order valence-electron chi connectivity index (χ0n) is 16.3. The Balaban J connectivity index is 1.49. The summed E-state index contributed by atoms with van der Waals surface area (Å²) in [6.07, 6.45) is 0. The van der Waals surface area contributed by atoms with Crippen LogP contribution in [-0.4, -0.2) is 62.2 Å². The summed E-state index contributed by atoms with van der Waals surface area (Å²) < 4.78 is 2.31. The fourth-order valence-electron chi connectivity index (χ4n) is 3.53. The molecule has 1 fully saturated rings. The zero-order valence-corrected chi connectivity index (χ0v) is 19.5. The van der Waals surface area contributed by atoms with Crippen LogP contribution in [0.3, 0.4) is 0 Å². The first-order valence-electron chi connectivity index (χ1n) is 10.0. The van der Waals surface area contributed by atoms with Gasteiger partial charge in [-0.2, -0.15) is 0 Å². The molecule has 1 heterocycles. The van der Waals surface area contributed by atoms with Gasteiger partial charge in [0.1, 0.15) is 0 Å². The Kier molecular flexibility index (Phi) is 9.44. The second kappa shape index (κ2) is 12.1. The van der Waals surface area contributed by atoms with Gasteiger partial charge in [0, 0.05) is 74.4 Å². The lowest BCUT2D eigenvalue weighted by Crippen LogP contribution is -2.42. The number of halogens is 2. The van der Waals surface area contributed by atoms with Gasteiger partial charge in [-0.15, -0.1) is 0 Å². The molecule has 1 aliphatic rings. The Labute approximate surface area is 185 Å². The first kappa shape index (κ1) is 21.9. The van der Waals surface area contributed by atoms with Crippen LogP contribution in [0.2, 0.25) is 0 Å². The maximum Gasteiger partial charge on any atom is 0.0235 e. The third kappa shape index (κ3) is 7.93. The third-order valence-corrected chi connectivity index (χ3v) is 6.00. The molecule has 0 aliphatic carbocycles. The normalized spacial score (nSPS) is 18.4. The van der Waals surface area contributed by atoms with Gasteiger partial charge in [-0.1, -0.05) is 56.1 Å². The number of nitrogens with zero attached hydrogens (tertiary/aromatic N) is 2. The highest BCUT2D eigenvalue weighted by molar-refractivity contribution is 9.10. The molecular formula is C22H30Br2N4. The van der Waals surface area contributed by atoms with Crippen LogP contribution in [0.5, 0.6) is 0 Å². The van der Waals surface area contributed by atoms with Gasteiger partial charge >= 0.3 is 0 Å². The standard InChI is InChI=1S/C22H30Br2N4/c23-21-5-1-3-19(15-21)17-27-11-7-25-9-13-28(14-10-26-8-12-27)18-20-4-2-6-22(24)16-20/h1-6,15-16,25-26H,7-14,17-18H2. The van der Waals surface area contributed by atoms with Crippen molar-refractivity contribution in [2.75, 3.05) is 52.4 Å². The quantitative estimate of drug-likeness (QED) is 0.657. The second-order valence-corrected chi connectivity index (χ2v) is 9.14. The predicted octanol–water partition coefficient (Wildman–Crippen LogP) is 3.71. The summed E-state index contributed by atoms with van der Waals surface area (Å²) in [4.78, 5) is 5.06. The van der Waals surface area contributed by atoms with Crippen molar-refractivity contribution < 1.29 is 0 Å². The molecule has 0 atom stereocenters. The molecular weight excluding hydrogens is 480 g/mol. The molecule has 0 bridgehead atoms. The average Bonchev–Trinajstić information content (AvgIpc) is 2.65. The van der Waals surface area contributed by atoms with Crippen LogP contribution < -0.4 is 10.6 Å². The predicted molar refractivity (Wildman–Crippen MR) is 125 cm³/mol. The molecule has 1 aliphatic heterocycles. The maximum absolute atomic E-state index is 3.64. The SMILES string of the molecule is Brc1cccc(CN2CCNCCN(Cc3cccc(Br)c3)CCNCC2)c1. The molecule has 152 valence electrons. The Morgan fingerprint density at radius 2 is 1.04 bits per heavy atom. The Morgan fingerprint density at radius 1 is 0.643 bits per heavy atom. The van der Waals surface area contributed by atoms with E-state index in [0.717, 1.165) is 74.4 Å². The van der Waals surface area contributed by atoms with Crippen LogP contribution in [-0.2, 0) is 13.1 Å². The highest BCUT2D eigenvalue weighted by Gasteiger charge is 2.10. The van der Waals surface area contributed by atoms with E-state index in [4.69, 9.17) is 0 Å². The van der Waals surface area contributed by atoms with Crippen molar-refractivity contribution in [3.05, 3.63) is 68.6 Å². The smallest absolute Gasteiger partial charge is 0.0235 e. The van der Waals surface area contributed by atoms with Crippen molar-refractivity contribution in [2.45, 2.75) is 13.1 Å². The van der Waals surface area contributed by atoms with Crippen LogP contribution in [0, 0.1) is 0 Å². The van der Waals surface area contributed by atoms with Crippen LogP contribution in [0.4, 0.5) is 0 Å². The summed E-state index contributed by atoms with van der Waals surface area (Å²) in [7, 11) is 0. The van der Waals surface area contributed by atoms with Crippen LogP contribution >= 0.6 is 31.9 Å². The Hall–Kier alpha value is -0.760. The number of hydrogen-bond donors (Lipinski definition) is 2. The highest BCUT2D eigenvalue weighted by Crippen LogP contribution is 2.14. The molecule has 1 saturated heterocycles.